The SMILES string of the molecule is COc1ccc(C(CN2C(=O)c3ccccc3C2=O)C(=O)OCc2ccccc2)cc1. The van der Waals surface area contributed by atoms with Gasteiger partial charge in [0.15, 0.2) is 0 Å². The lowest BCUT2D eigenvalue weighted by Crippen LogP contribution is -2.36. The van der Waals surface area contributed by atoms with Crippen molar-refractivity contribution in [2.75, 3.05) is 13.7 Å². The Labute approximate surface area is 180 Å². The van der Waals surface area contributed by atoms with Crippen LogP contribution in [0.2, 0.25) is 0 Å². The second-order valence-corrected chi connectivity index (χ2v) is 7.19. The van der Waals surface area contributed by atoms with Crippen molar-refractivity contribution in [3.05, 3.63) is 101 Å². The van der Waals surface area contributed by atoms with Gasteiger partial charge in [-0.3, -0.25) is 19.3 Å². The summed E-state index contributed by atoms with van der Waals surface area (Å²) in [5, 5.41) is 0. The van der Waals surface area contributed by atoms with Crippen LogP contribution in [0.5, 0.6) is 5.75 Å². The van der Waals surface area contributed by atoms with Gasteiger partial charge >= 0.3 is 5.97 Å². The van der Waals surface area contributed by atoms with Crippen LogP contribution in [0.15, 0.2) is 78.9 Å². The summed E-state index contributed by atoms with van der Waals surface area (Å²) in [6, 6.07) is 22.9. The van der Waals surface area contributed by atoms with Gasteiger partial charge in [-0.2, -0.15) is 0 Å². The monoisotopic (exact) mass is 415 g/mol. The zero-order valence-electron chi connectivity index (χ0n) is 17.0. The van der Waals surface area contributed by atoms with Gasteiger partial charge in [-0.05, 0) is 35.4 Å². The molecule has 0 radical (unpaired) electrons. The maximum atomic E-state index is 13.0. The van der Waals surface area contributed by atoms with Crippen molar-refractivity contribution in [1.82, 2.24) is 4.90 Å². The normalized spacial score (nSPS) is 13.6. The van der Waals surface area contributed by atoms with Gasteiger partial charge in [-0.15, -0.1) is 0 Å². The van der Waals surface area contributed by atoms with Crippen LogP contribution in [0.4, 0.5) is 0 Å². The minimum absolute atomic E-state index is 0.105. The molecule has 2 amide bonds. The second-order valence-electron chi connectivity index (χ2n) is 7.19. The first-order valence-electron chi connectivity index (χ1n) is 9.88. The predicted molar refractivity (Wildman–Crippen MR) is 114 cm³/mol. The molecule has 0 spiro atoms. The van der Waals surface area contributed by atoms with Crippen LogP contribution in [0.1, 0.15) is 37.8 Å². The van der Waals surface area contributed by atoms with Crippen LogP contribution in [0.3, 0.4) is 0 Å². The van der Waals surface area contributed by atoms with Crippen molar-refractivity contribution in [1.29, 1.82) is 0 Å². The molecule has 1 aliphatic rings. The van der Waals surface area contributed by atoms with Crippen LogP contribution >= 0.6 is 0 Å². The number of esters is 1. The number of hydrogen-bond donors (Lipinski definition) is 0. The van der Waals surface area contributed by atoms with Crippen molar-refractivity contribution in [2.24, 2.45) is 0 Å². The van der Waals surface area contributed by atoms with Gasteiger partial charge in [0.05, 0.1) is 24.2 Å². The quantitative estimate of drug-likeness (QED) is 0.433. The number of nitrogens with zero attached hydrogens (tertiary/aromatic N) is 1. The van der Waals surface area contributed by atoms with Gasteiger partial charge in [-0.1, -0.05) is 54.6 Å². The highest BCUT2D eigenvalue weighted by atomic mass is 16.5. The van der Waals surface area contributed by atoms with E-state index in [1.807, 2.05) is 30.3 Å². The topological polar surface area (TPSA) is 72.9 Å². The van der Waals surface area contributed by atoms with Crippen LogP contribution < -0.4 is 4.74 Å². The molecule has 6 nitrogen and oxygen atoms in total. The lowest BCUT2D eigenvalue weighted by atomic mass is 9.98. The average molecular weight is 415 g/mol. The number of hydrogen-bond acceptors (Lipinski definition) is 5. The van der Waals surface area contributed by atoms with E-state index in [0.717, 1.165) is 10.5 Å². The van der Waals surface area contributed by atoms with E-state index in [9.17, 15) is 14.4 Å². The lowest BCUT2D eigenvalue weighted by molar-refractivity contribution is -0.147. The molecule has 0 saturated carbocycles. The first-order chi connectivity index (χ1) is 15.1. The maximum absolute atomic E-state index is 13.0. The van der Waals surface area contributed by atoms with E-state index >= 15 is 0 Å². The summed E-state index contributed by atoms with van der Waals surface area (Å²) >= 11 is 0. The number of fused-ring (bicyclic) bond motifs is 1. The fraction of sp³-hybridized carbons (Fsp3) is 0.160. The molecule has 4 rings (SSSR count). The molecule has 0 aliphatic carbocycles. The van der Waals surface area contributed by atoms with Crippen molar-refractivity contribution in [2.45, 2.75) is 12.5 Å². The van der Waals surface area contributed by atoms with Gasteiger partial charge in [0, 0.05) is 6.54 Å². The Balaban J connectivity index is 1.58. The van der Waals surface area contributed by atoms with Gasteiger partial charge in [0.1, 0.15) is 12.4 Å². The lowest BCUT2D eigenvalue weighted by Gasteiger charge is -2.22. The van der Waals surface area contributed by atoms with E-state index in [1.165, 1.54) is 0 Å². The van der Waals surface area contributed by atoms with Crippen LogP contribution in [-0.4, -0.2) is 36.3 Å². The summed E-state index contributed by atoms with van der Waals surface area (Å²) < 4.78 is 10.7. The van der Waals surface area contributed by atoms with E-state index in [4.69, 9.17) is 9.47 Å². The molecule has 0 fully saturated rings. The summed E-state index contributed by atoms with van der Waals surface area (Å²) in [5.74, 6) is -1.51. The number of imide groups is 1. The van der Waals surface area contributed by atoms with Gasteiger partial charge < -0.3 is 9.47 Å². The van der Waals surface area contributed by atoms with Crippen molar-refractivity contribution in [3.63, 3.8) is 0 Å². The molecule has 3 aromatic rings. The third kappa shape index (κ3) is 4.19. The van der Waals surface area contributed by atoms with Crippen molar-refractivity contribution in [3.8, 4) is 5.75 Å². The molecule has 0 aromatic heterocycles. The Morgan fingerprint density at radius 3 is 2.00 bits per heavy atom. The summed E-state index contributed by atoms with van der Waals surface area (Å²) in [7, 11) is 1.55. The molecule has 31 heavy (non-hydrogen) atoms. The second kappa shape index (κ2) is 8.83. The minimum Gasteiger partial charge on any atom is -0.497 e. The van der Waals surface area contributed by atoms with Gasteiger partial charge in [0.25, 0.3) is 11.8 Å². The standard InChI is InChI=1S/C25H21NO5/c1-30-19-13-11-18(12-14-19)22(25(29)31-16-17-7-3-2-4-8-17)15-26-23(27)20-9-5-6-10-21(20)24(26)28/h2-14,22H,15-16H2,1H3. The fourth-order valence-electron chi connectivity index (χ4n) is 3.57. The Morgan fingerprint density at radius 1 is 0.839 bits per heavy atom. The molecule has 0 saturated heterocycles. The Bertz CT molecular complexity index is 1070. The van der Waals surface area contributed by atoms with Crippen molar-refractivity contribution >= 4 is 17.8 Å². The maximum Gasteiger partial charge on any atom is 0.315 e. The van der Waals surface area contributed by atoms with E-state index in [-0.39, 0.29) is 13.2 Å². The number of ether oxygens (including phenoxy) is 2. The molecule has 6 heteroatoms. The summed E-state index contributed by atoms with van der Waals surface area (Å²) in [4.78, 5) is 39.8. The van der Waals surface area contributed by atoms with Crippen LogP contribution in [0, 0.1) is 0 Å². The number of methoxy groups -OCH3 is 1. The molecule has 3 aromatic carbocycles. The Morgan fingerprint density at radius 2 is 1.42 bits per heavy atom. The molecule has 156 valence electrons. The molecule has 0 N–H and O–H groups in total. The predicted octanol–water partition coefficient (Wildman–Crippen LogP) is 3.82. The first-order valence-corrected chi connectivity index (χ1v) is 9.88. The fourth-order valence-corrected chi connectivity index (χ4v) is 3.57. The molecule has 1 atom stereocenters. The van der Waals surface area contributed by atoms with E-state index in [2.05, 4.69) is 0 Å². The van der Waals surface area contributed by atoms with Crippen molar-refractivity contribution < 1.29 is 23.9 Å². The zero-order valence-corrected chi connectivity index (χ0v) is 17.0. The van der Waals surface area contributed by atoms with E-state index in [1.54, 1.807) is 55.6 Å². The Hall–Kier alpha value is -3.93. The van der Waals surface area contributed by atoms with Gasteiger partial charge in [0.2, 0.25) is 0 Å². The number of amides is 2. The minimum atomic E-state index is -0.822. The molecule has 1 heterocycles. The third-order valence-corrected chi connectivity index (χ3v) is 5.27. The Kier molecular flexibility index (Phi) is 5.80. The molecular weight excluding hydrogens is 394 g/mol. The smallest absolute Gasteiger partial charge is 0.315 e. The average Bonchev–Trinajstić information content (AvgIpc) is 3.06. The summed E-state index contributed by atoms with van der Waals surface area (Å²) in [6.45, 7) is 0.000739. The van der Waals surface area contributed by atoms with Crippen LogP contribution in [-0.2, 0) is 16.1 Å². The molecule has 1 unspecified atom stereocenters. The summed E-state index contributed by atoms with van der Waals surface area (Å²) in [6.07, 6.45) is 0. The number of carbonyl (C=O) groups excluding carboxylic acids is 3. The molecule has 0 bridgehead atoms. The number of benzene rings is 3. The summed E-state index contributed by atoms with van der Waals surface area (Å²) in [5.41, 5.74) is 2.18. The highest BCUT2D eigenvalue weighted by Gasteiger charge is 2.38. The van der Waals surface area contributed by atoms with Crippen LogP contribution in [0.25, 0.3) is 0 Å². The van der Waals surface area contributed by atoms with E-state index < -0.39 is 23.7 Å². The molecule has 1 aliphatic heterocycles. The largest absolute Gasteiger partial charge is 0.497 e. The van der Waals surface area contributed by atoms with Gasteiger partial charge in [-0.25, -0.2) is 0 Å². The first kappa shape index (κ1) is 20.3. The number of carbonyl (C=O) groups is 3. The highest BCUT2D eigenvalue weighted by Crippen LogP contribution is 2.28. The van der Waals surface area contributed by atoms with E-state index in [0.29, 0.717) is 22.4 Å². The highest BCUT2D eigenvalue weighted by molar-refractivity contribution is 6.21. The zero-order chi connectivity index (χ0) is 21.8. The molecular formula is C25H21NO5. The third-order valence-electron chi connectivity index (χ3n) is 5.27. The number of rotatable bonds is 7.